The van der Waals surface area contributed by atoms with Gasteiger partial charge >= 0.3 is 29.8 Å². The summed E-state index contributed by atoms with van der Waals surface area (Å²) in [4.78, 5) is 58.5. The van der Waals surface area contributed by atoms with E-state index in [0.29, 0.717) is 19.3 Å². The van der Waals surface area contributed by atoms with Crippen LogP contribution in [0.15, 0.2) is 0 Å². The highest BCUT2D eigenvalue weighted by Gasteiger charge is 2.59. The lowest BCUT2D eigenvalue weighted by Crippen LogP contribution is -2.68. The molecule has 1 heterocycles. The number of carbonyl (C=O) groups excluding carboxylic acids is 5. The normalized spacial score (nSPS) is 26.2. The Morgan fingerprint density at radius 1 is 0.794 bits per heavy atom. The van der Waals surface area contributed by atoms with E-state index >= 15 is 0 Å². The van der Waals surface area contributed by atoms with Crippen molar-refractivity contribution in [3.63, 3.8) is 0 Å². The Hall–Kier alpha value is -2.73. The molecular formula is C22H34O12. The number of hydrogen-bond acceptors (Lipinski definition) is 12. The van der Waals surface area contributed by atoms with Gasteiger partial charge in [0.1, 0.15) is 12.2 Å². The molecule has 1 unspecified atom stereocenters. The van der Waals surface area contributed by atoms with Crippen molar-refractivity contribution in [2.75, 3.05) is 13.2 Å². The molecule has 1 rings (SSSR count). The number of unbranched alkanes of at least 4 members (excludes halogenated alkanes) is 2. The lowest BCUT2D eigenvalue weighted by Gasteiger charge is -2.49. The second kappa shape index (κ2) is 13.9. The monoisotopic (exact) mass is 490 g/mol. The van der Waals surface area contributed by atoms with Gasteiger partial charge in [-0.05, 0) is 19.8 Å². The van der Waals surface area contributed by atoms with Crippen LogP contribution in [0.1, 0.15) is 66.7 Å². The summed E-state index contributed by atoms with van der Waals surface area (Å²) in [5.74, 6) is -3.34. The molecule has 1 aliphatic heterocycles. The van der Waals surface area contributed by atoms with E-state index in [9.17, 15) is 29.1 Å². The highest BCUT2D eigenvalue weighted by molar-refractivity contribution is 5.69. The van der Waals surface area contributed by atoms with Crippen LogP contribution in [0.2, 0.25) is 0 Å². The van der Waals surface area contributed by atoms with Gasteiger partial charge in [0.05, 0.1) is 6.61 Å². The lowest BCUT2D eigenvalue weighted by molar-refractivity contribution is -0.333. The molecule has 1 aliphatic rings. The third-order valence-electron chi connectivity index (χ3n) is 4.98. The van der Waals surface area contributed by atoms with Crippen molar-refractivity contribution in [3.05, 3.63) is 0 Å². The number of aliphatic hydroxyl groups excluding tert-OH is 1. The summed E-state index contributed by atoms with van der Waals surface area (Å²) in [5, 5.41) is 10.7. The molecule has 0 radical (unpaired) electrons. The zero-order valence-corrected chi connectivity index (χ0v) is 20.2. The van der Waals surface area contributed by atoms with Crippen molar-refractivity contribution in [3.8, 4) is 0 Å². The van der Waals surface area contributed by atoms with Crippen molar-refractivity contribution in [1.29, 1.82) is 0 Å². The standard InChI is InChI=1S/C22H34O12/c1-6-29-17(27)10-8-7-9-11-22(12-30-13(2)23)20(33-16(5)26)18(31-14(3)24)19(21(28)34-22)32-15(4)25/h18-21,28H,6-12H2,1-5H3/t18-,19-,20+,21?,22-/m1/s1. The highest BCUT2D eigenvalue weighted by Crippen LogP contribution is 2.39. The van der Waals surface area contributed by atoms with E-state index < -0.39 is 60.7 Å². The van der Waals surface area contributed by atoms with Crippen LogP contribution in [0.4, 0.5) is 0 Å². The molecule has 34 heavy (non-hydrogen) atoms. The lowest BCUT2D eigenvalue weighted by atomic mass is 9.82. The minimum Gasteiger partial charge on any atom is -0.466 e. The third-order valence-corrected chi connectivity index (χ3v) is 4.98. The molecule has 1 fully saturated rings. The SMILES string of the molecule is CCOC(=O)CCCCC[C@]1(COC(C)=O)OC(O)[C@H](OC(C)=O)[C@@H](OC(C)=O)[C@@H]1OC(C)=O. The van der Waals surface area contributed by atoms with E-state index in [4.69, 9.17) is 28.4 Å². The molecular weight excluding hydrogens is 456 g/mol. The van der Waals surface area contributed by atoms with Crippen LogP contribution in [-0.2, 0) is 52.4 Å². The summed E-state index contributed by atoms with van der Waals surface area (Å²) in [6.45, 7) is 6.01. The molecule has 0 aromatic carbocycles. The summed E-state index contributed by atoms with van der Waals surface area (Å²) in [7, 11) is 0. The quantitative estimate of drug-likeness (QED) is 0.234. The van der Waals surface area contributed by atoms with Crippen molar-refractivity contribution < 1.29 is 57.5 Å². The van der Waals surface area contributed by atoms with Crippen LogP contribution in [0, 0.1) is 0 Å². The Balaban J connectivity index is 3.24. The molecule has 194 valence electrons. The minimum atomic E-state index is -1.78. The van der Waals surface area contributed by atoms with Gasteiger partial charge in [-0.25, -0.2) is 0 Å². The summed E-state index contributed by atoms with van der Waals surface area (Å²) in [5.41, 5.74) is -1.63. The first-order valence-electron chi connectivity index (χ1n) is 11.1. The van der Waals surface area contributed by atoms with Gasteiger partial charge in [-0.3, -0.25) is 24.0 Å². The number of esters is 5. The molecule has 0 aromatic rings. The Labute approximate surface area is 198 Å². The first-order chi connectivity index (χ1) is 15.9. The maximum Gasteiger partial charge on any atom is 0.305 e. The fourth-order valence-electron chi connectivity index (χ4n) is 3.72. The van der Waals surface area contributed by atoms with E-state index in [1.54, 1.807) is 6.92 Å². The summed E-state index contributed by atoms with van der Waals surface area (Å²) < 4.78 is 31.6. The van der Waals surface area contributed by atoms with Gasteiger partial charge in [0.15, 0.2) is 24.6 Å². The molecule has 5 atom stereocenters. The molecule has 12 heteroatoms. The summed E-state index contributed by atoms with van der Waals surface area (Å²) in [6, 6.07) is 0. The predicted octanol–water partition coefficient (Wildman–Crippen LogP) is 0.946. The first kappa shape index (κ1) is 29.3. The van der Waals surface area contributed by atoms with Gasteiger partial charge in [-0.15, -0.1) is 0 Å². The molecule has 0 spiro atoms. The zero-order chi connectivity index (χ0) is 25.9. The van der Waals surface area contributed by atoms with Gasteiger partial charge in [-0.1, -0.05) is 12.8 Å². The smallest absolute Gasteiger partial charge is 0.305 e. The number of ether oxygens (including phenoxy) is 6. The molecule has 0 bridgehead atoms. The Bertz CT molecular complexity index is 735. The van der Waals surface area contributed by atoms with Crippen LogP contribution in [-0.4, -0.2) is 78.4 Å². The van der Waals surface area contributed by atoms with E-state index in [0.717, 1.165) is 20.8 Å². The summed E-state index contributed by atoms with van der Waals surface area (Å²) in [6.07, 6.45) is -4.40. The molecule has 0 aromatic heterocycles. The fourth-order valence-corrected chi connectivity index (χ4v) is 3.72. The predicted molar refractivity (Wildman–Crippen MR) is 113 cm³/mol. The Kier molecular flexibility index (Phi) is 11.9. The molecule has 12 nitrogen and oxygen atoms in total. The maximum absolute atomic E-state index is 11.9. The molecule has 0 saturated carbocycles. The van der Waals surface area contributed by atoms with Crippen molar-refractivity contribution in [1.82, 2.24) is 0 Å². The van der Waals surface area contributed by atoms with Gasteiger partial charge < -0.3 is 33.5 Å². The number of rotatable bonds is 12. The highest BCUT2D eigenvalue weighted by atomic mass is 16.7. The van der Waals surface area contributed by atoms with Gasteiger partial charge in [-0.2, -0.15) is 0 Å². The third kappa shape index (κ3) is 9.26. The minimum absolute atomic E-state index is 0.0860. The van der Waals surface area contributed by atoms with Crippen molar-refractivity contribution >= 4 is 29.8 Å². The average Bonchev–Trinajstić information content (AvgIpc) is 2.71. The van der Waals surface area contributed by atoms with Crippen LogP contribution >= 0.6 is 0 Å². The largest absolute Gasteiger partial charge is 0.466 e. The van der Waals surface area contributed by atoms with Gasteiger partial charge in [0, 0.05) is 34.1 Å². The van der Waals surface area contributed by atoms with Crippen molar-refractivity contribution in [2.45, 2.75) is 96.9 Å². The number of aliphatic hydroxyl groups is 1. The molecule has 0 aliphatic carbocycles. The van der Waals surface area contributed by atoms with E-state index in [1.807, 2.05) is 0 Å². The zero-order valence-electron chi connectivity index (χ0n) is 20.2. The Morgan fingerprint density at radius 3 is 1.91 bits per heavy atom. The van der Waals surface area contributed by atoms with E-state index in [1.165, 1.54) is 6.92 Å². The number of hydrogen-bond donors (Lipinski definition) is 1. The summed E-state index contributed by atoms with van der Waals surface area (Å²) >= 11 is 0. The van der Waals surface area contributed by atoms with Crippen LogP contribution in [0.25, 0.3) is 0 Å². The van der Waals surface area contributed by atoms with Gasteiger partial charge in [0.25, 0.3) is 0 Å². The molecule has 1 N–H and O–H groups in total. The van der Waals surface area contributed by atoms with E-state index in [-0.39, 0.29) is 25.4 Å². The van der Waals surface area contributed by atoms with Crippen LogP contribution in [0.5, 0.6) is 0 Å². The Morgan fingerprint density at radius 2 is 1.38 bits per heavy atom. The molecule has 1 saturated heterocycles. The maximum atomic E-state index is 11.9. The van der Waals surface area contributed by atoms with Crippen LogP contribution in [0.3, 0.4) is 0 Å². The first-order valence-corrected chi connectivity index (χ1v) is 11.1. The number of carbonyl (C=O) groups is 5. The fraction of sp³-hybridized carbons (Fsp3) is 0.773. The van der Waals surface area contributed by atoms with E-state index in [2.05, 4.69) is 0 Å². The van der Waals surface area contributed by atoms with Crippen molar-refractivity contribution in [2.24, 2.45) is 0 Å². The molecule has 0 amide bonds. The van der Waals surface area contributed by atoms with Crippen LogP contribution < -0.4 is 0 Å². The topological polar surface area (TPSA) is 161 Å². The second-order valence-corrected chi connectivity index (χ2v) is 7.90. The second-order valence-electron chi connectivity index (χ2n) is 7.90. The van der Waals surface area contributed by atoms with Gasteiger partial charge in [0.2, 0.25) is 0 Å². The average molecular weight is 491 g/mol.